The summed E-state index contributed by atoms with van der Waals surface area (Å²) < 4.78 is 0. The summed E-state index contributed by atoms with van der Waals surface area (Å²) in [5.74, 6) is 0.947. The molecule has 0 aliphatic carbocycles. The van der Waals surface area contributed by atoms with Crippen molar-refractivity contribution < 1.29 is 9.59 Å². The molecule has 0 aromatic heterocycles. The van der Waals surface area contributed by atoms with Crippen molar-refractivity contribution in [1.82, 2.24) is 14.7 Å². The SMILES string of the molecule is CC(C)CN1CC2(CCN(C(=O)c3cccc(Cl)c3)CC2)[C@@]2(CCN(C)C2=O)C1. The van der Waals surface area contributed by atoms with Gasteiger partial charge in [0.2, 0.25) is 5.91 Å². The fraction of sp³-hybridized carbons (Fsp3) is 0.652. The molecule has 1 atom stereocenters. The van der Waals surface area contributed by atoms with Gasteiger partial charge in [0.25, 0.3) is 5.91 Å². The summed E-state index contributed by atoms with van der Waals surface area (Å²) in [5, 5.41) is 0.586. The molecule has 29 heavy (non-hydrogen) atoms. The molecule has 3 heterocycles. The van der Waals surface area contributed by atoms with Crippen LogP contribution in [0.2, 0.25) is 5.02 Å². The molecule has 4 rings (SSSR count). The Morgan fingerprint density at radius 1 is 1.14 bits per heavy atom. The van der Waals surface area contributed by atoms with Crippen LogP contribution in [0.25, 0.3) is 0 Å². The zero-order chi connectivity index (χ0) is 20.8. The lowest BCUT2D eigenvalue weighted by molar-refractivity contribution is -0.141. The topological polar surface area (TPSA) is 43.9 Å². The van der Waals surface area contributed by atoms with E-state index in [1.807, 2.05) is 29.0 Å². The highest BCUT2D eigenvalue weighted by molar-refractivity contribution is 6.30. The Labute approximate surface area is 179 Å². The Balaban J connectivity index is 1.54. The summed E-state index contributed by atoms with van der Waals surface area (Å²) in [7, 11) is 1.94. The monoisotopic (exact) mass is 417 g/mol. The van der Waals surface area contributed by atoms with Crippen LogP contribution in [0.1, 0.15) is 43.5 Å². The van der Waals surface area contributed by atoms with E-state index >= 15 is 0 Å². The number of carbonyl (C=O) groups excluding carboxylic acids is 2. The average Bonchev–Trinajstić information content (AvgIpc) is 3.13. The van der Waals surface area contributed by atoms with E-state index in [1.54, 1.807) is 12.1 Å². The number of carbonyl (C=O) groups is 2. The summed E-state index contributed by atoms with van der Waals surface area (Å²) >= 11 is 6.08. The number of rotatable bonds is 3. The van der Waals surface area contributed by atoms with Gasteiger partial charge in [-0.1, -0.05) is 31.5 Å². The van der Waals surface area contributed by atoms with Gasteiger partial charge in [-0.3, -0.25) is 9.59 Å². The minimum atomic E-state index is -0.276. The van der Waals surface area contributed by atoms with Crippen molar-refractivity contribution in [3.8, 4) is 0 Å². The van der Waals surface area contributed by atoms with Gasteiger partial charge in [0, 0.05) is 62.3 Å². The zero-order valence-corrected chi connectivity index (χ0v) is 18.5. The number of hydrogen-bond donors (Lipinski definition) is 0. The number of benzene rings is 1. The Morgan fingerprint density at radius 2 is 1.86 bits per heavy atom. The molecule has 3 aliphatic rings. The van der Waals surface area contributed by atoms with E-state index in [0.29, 0.717) is 35.5 Å². The Morgan fingerprint density at radius 3 is 2.45 bits per heavy atom. The maximum atomic E-state index is 13.3. The van der Waals surface area contributed by atoms with Gasteiger partial charge in [-0.05, 0) is 43.4 Å². The van der Waals surface area contributed by atoms with Gasteiger partial charge in [0.05, 0.1) is 5.41 Å². The number of halogens is 1. The quantitative estimate of drug-likeness (QED) is 0.757. The van der Waals surface area contributed by atoms with Crippen LogP contribution < -0.4 is 0 Å². The lowest BCUT2D eigenvalue weighted by Crippen LogP contribution is -2.53. The van der Waals surface area contributed by atoms with Crippen LogP contribution in [0, 0.1) is 16.7 Å². The molecule has 1 aromatic carbocycles. The Bertz CT molecular complexity index is 803. The minimum absolute atomic E-state index is 0.0190. The maximum absolute atomic E-state index is 13.3. The van der Waals surface area contributed by atoms with E-state index in [4.69, 9.17) is 11.6 Å². The van der Waals surface area contributed by atoms with Crippen LogP contribution in [0.15, 0.2) is 24.3 Å². The van der Waals surface area contributed by atoms with Crippen molar-refractivity contribution >= 4 is 23.4 Å². The first-order valence-electron chi connectivity index (χ1n) is 10.8. The lowest BCUT2D eigenvalue weighted by Gasteiger charge is -2.47. The summed E-state index contributed by atoms with van der Waals surface area (Å²) in [6.07, 6.45) is 2.74. The largest absolute Gasteiger partial charge is 0.345 e. The van der Waals surface area contributed by atoms with Crippen molar-refractivity contribution in [3.05, 3.63) is 34.9 Å². The number of amides is 2. The average molecular weight is 418 g/mol. The molecule has 0 radical (unpaired) electrons. The third-order valence-electron chi connectivity index (χ3n) is 7.37. The van der Waals surface area contributed by atoms with Crippen LogP contribution in [0.5, 0.6) is 0 Å². The second-order valence-electron chi connectivity index (χ2n) is 9.71. The van der Waals surface area contributed by atoms with Crippen molar-refractivity contribution in [2.75, 3.05) is 46.3 Å². The highest BCUT2D eigenvalue weighted by atomic mass is 35.5. The van der Waals surface area contributed by atoms with Crippen LogP contribution in [0.3, 0.4) is 0 Å². The van der Waals surface area contributed by atoms with E-state index in [0.717, 1.165) is 45.4 Å². The number of hydrogen-bond acceptors (Lipinski definition) is 3. The van der Waals surface area contributed by atoms with Gasteiger partial charge < -0.3 is 14.7 Å². The van der Waals surface area contributed by atoms with Crippen molar-refractivity contribution in [3.63, 3.8) is 0 Å². The molecule has 2 spiro atoms. The molecule has 158 valence electrons. The van der Waals surface area contributed by atoms with Gasteiger partial charge in [-0.25, -0.2) is 0 Å². The molecular formula is C23H32ClN3O2. The third kappa shape index (κ3) is 3.46. The van der Waals surface area contributed by atoms with Gasteiger partial charge in [0.15, 0.2) is 0 Å². The van der Waals surface area contributed by atoms with Gasteiger partial charge in [-0.15, -0.1) is 0 Å². The highest BCUT2D eigenvalue weighted by Gasteiger charge is 2.64. The Hall–Kier alpha value is -1.59. The van der Waals surface area contributed by atoms with E-state index in [-0.39, 0.29) is 16.7 Å². The predicted molar refractivity (Wildman–Crippen MR) is 115 cm³/mol. The first kappa shape index (κ1) is 20.7. The van der Waals surface area contributed by atoms with Crippen LogP contribution >= 0.6 is 11.6 Å². The molecule has 2 amide bonds. The van der Waals surface area contributed by atoms with Crippen LogP contribution in [-0.4, -0.2) is 72.8 Å². The van der Waals surface area contributed by atoms with E-state index < -0.39 is 0 Å². The predicted octanol–water partition coefficient (Wildman–Crippen LogP) is 3.38. The highest BCUT2D eigenvalue weighted by Crippen LogP contribution is 2.57. The van der Waals surface area contributed by atoms with Crippen LogP contribution in [0.4, 0.5) is 0 Å². The molecule has 0 saturated carbocycles. The Kier molecular flexibility index (Phi) is 5.41. The number of fused-ring (bicyclic) bond motifs is 1. The molecule has 0 bridgehead atoms. The summed E-state index contributed by atoms with van der Waals surface area (Å²) in [6, 6.07) is 7.18. The van der Waals surface area contributed by atoms with Crippen molar-refractivity contribution in [2.45, 2.75) is 33.1 Å². The molecule has 0 unspecified atom stereocenters. The van der Waals surface area contributed by atoms with Crippen molar-refractivity contribution in [2.24, 2.45) is 16.7 Å². The summed E-state index contributed by atoms with van der Waals surface area (Å²) in [4.78, 5) is 32.7. The molecule has 3 aliphatic heterocycles. The molecule has 5 nitrogen and oxygen atoms in total. The van der Waals surface area contributed by atoms with Crippen LogP contribution in [-0.2, 0) is 4.79 Å². The second-order valence-corrected chi connectivity index (χ2v) is 10.1. The lowest BCUT2D eigenvalue weighted by atomic mass is 9.60. The molecule has 3 fully saturated rings. The first-order valence-corrected chi connectivity index (χ1v) is 11.2. The zero-order valence-electron chi connectivity index (χ0n) is 17.8. The van der Waals surface area contributed by atoms with Gasteiger partial charge in [-0.2, -0.15) is 0 Å². The number of piperidine rings is 1. The molecule has 1 aromatic rings. The van der Waals surface area contributed by atoms with E-state index in [2.05, 4.69) is 18.7 Å². The summed E-state index contributed by atoms with van der Waals surface area (Å²) in [5.41, 5.74) is 0.351. The fourth-order valence-electron chi connectivity index (χ4n) is 5.98. The van der Waals surface area contributed by atoms with Gasteiger partial charge >= 0.3 is 0 Å². The standard InChI is InChI=1S/C23H32ClN3O2/c1-17(2)14-26-15-22(23(16-26)9-10-25(3)21(23)29)7-11-27(12-8-22)20(28)18-5-4-6-19(24)13-18/h4-6,13,17H,7-12,14-16H2,1-3H3/t23-/m0/s1. The molecule has 0 N–H and O–H groups in total. The molecule has 3 saturated heterocycles. The number of nitrogens with zero attached hydrogens (tertiary/aromatic N) is 3. The normalized spacial score (nSPS) is 27.0. The maximum Gasteiger partial charge on any atom is 0.253 e. The fourth-order valence-corrected chi connectivity index (χ4v) is 6.17. The third-order valence-corrected chi connectivity index (χ3v) is 7.60. The molecule has 6 heteroatoms. The minimum Gasteiger partial charge on any atom is -0.345 e. The molecular weight excluding hydrogens is 386 g/mol. The second kappa shape index (κ2) is 7.59. The number of likely N-dealkylation sites (tertiary alicyclic amines) is 3. The summed E-state index contributed by atoms with van der Waals surface area (Å²) in [6.45, 7) is 9.63. The van der Waals surface area contributed by atoms with E-state index in [9.17, 15) is 9.59 Å². The smallest absolute Gasteiger partial charge is 0.253 e. The first-order chi connectivity index (χ1) is 13.8. The van der Waals surface area contributed by atoms with Gasteiger partial charge in [0.1, 0.15) is 0 Å². The van der Waals surface area contributed by atoms with Crippen molar-refractivity contribution in [1.29, 1.82) is 0 Å². The van der Waals surface area contributed by atoms with E-state index in [1.165, 1.54) is 0 Å².